The number of ether oxygens (including phenoxy) is 1. The lowest BCUT2D eigenvalue weighted by Crippen LogP contribution is -2.25. The molecule has 0 unspecified atom stereocenters. The number of allylic oxidation sites excluding steroid dienone is 1. The van der Waals surface area contributed by atoms with E-state index in [1.54, 1.807) is 30.3 Å². The molecule has 6 heteroatoms. The van der Waals surface area contributed by atoms with Crippen molar-refractivity contribution in [2.75, 3.05) is 18.6 Å². The first-order chi connectivity index (χ1) is 14.2. The lowest BCUT2D eigenvalue weighted by atomic mass is 9.83. The molecular formula is C24H26N2O4. The highest BCUT2D eigenvalue weighted by molar-refractivity contribution is 5.96. The number of fused-ring (bicyclic) bond motifs is 1. The topological polar surface area (TPSA) is 75.7 Å². The first-order valence-corrected chi connectivity index (χ1v) is 9.79. The Morgan fingerprint density at radius 3 is 2.37 bits per heavy atom. The zero-order valence-corrected chi connectivity index (χ0v) is 17.7. The van der Waals surface area contributed by atoms with Gasteiger partial charge in [-0.15, -0.1) is 0 Å². The normalized spacial score (nSPS) is 15.6. The van der Waals surface area contributed by atoms with Crippen molar-refractivity contribution in [1.82, 2.24) is 5.32 Å². The summed E-state index contributed by atoms with van der Waals surface area (Å²) in [4.78, 5) is 37.7. The first-order valence-electron chi connectivity index (χ1n) is 9.79. The van der Waals surface area contributed by atoms with Gasteiger partial charge in [-0.05, 0) is 29.3 Å². The van der Waals surface area contributed by atoms with Crippen LogP contribution in [0.3, 0.4) is 0 Å². The molecule has 0 bridgehead atoms. The number of carbonyl (C=O) groups excluding carboxylic acids is 3. The van der Waals surface area contributed by atoms with Crippen LogP contribution >= 0.6 is 0 Å². The minimum absolute atomic E-state index is 0.120. The van der Waals surface area contributed by atoms with Crippen molar-refractivity contribution in [1.29, 1.82) is 0 Å². The first kappa shape index (κ1) is 21.3. The van der Waals surface area contributed by atoms with E-state index in [2.05, 4.69) is 25.2 Å². The second-order valence-corrected chi connectivity index (χ2v) is 7.88. The van der Waals surface area contributed by atoms with E-state index in [-0.39, 0.29) is 23.7 Å². The van der Waals surface area contributed by atoms with Crippen LogP contribution in [0.15, 0.2) is 60.3 Å². The van der Waals surface area contributed by atoms with Gasteiger partial charge in [-0.3, -0.25) is 9.59 Å². The van der Waals surface area contributed by atoms with E-state index in [1.807, 2.05) is 30.1 Å². The molecule has 2 aromatic carbocycles. The molecule has 0 radical (unpaired) electrons. The highest BCUT2D eigenvalue weighted by Gasteiger charge is 2.38. The predicted octanol–water partition coefficient (Wildman–Crippen LogP) is 3.36. The molecule has 0 saturated heterocycles. The minimum Gasteiger partial charge on any atom is -0.454 e. The van der Waals surface area contributed by atoms with Gasteiger partial charge >= 0.3 is 5.97 Å². The molecule has 0 atom stereocenters. The van der Waals surface area contributed by atoms with Crippen molar-refractivity contribution in [2.24, 2.45) is 0 Å². The Bertz CT molecular complexity index is 1010. The van der Waals surface area contributed by atoms with Gasteiger partial charge in [0.1, 0.15) is 0 Å². The number of nitrogens with zero attached hydrogens (tertiary/aromatic N) is 1. The molecule has 0 spiro atoms. The third kappa shape index (κ3) is 4.43. The summed E-state index contributed by atoms with van der Waals surface area (Å²) in [5.41, 5.74) is 4.00. The van der Waals surface area contributed by atoms with Gasteiger partial charge in [0.2, 0.25) is 5.91 Å². The quantitative estimate of drug-likeness (QED) is 0.588. The summed E-state index contributed by atoms with van der Waals surface area (Å²) in [7, 11) is 1.93. The summed E-state index contributed by atoms with van der Waals surface area (Å²) in [6, 6.07) is 14.8. The average Bonchev–Trinajstić information content (AvgIpc) is 2.92. The van der Waals surface area contributed by atoms with Crippen LogP contribution in [-0.4, -0.2) is 31.3 Å². The van der Waals surface area contributed by atoms with E-state index in [9.17, 15) is 14.4 Å². The number of carbonyl (C=O) groups is 3. The Kier molecular flexibility index (Phi) is 6.06. The number of amides is 1. The highest BCUT2D eigenvalue weighted by atomic mass is 16.5. The van der Waals surface area contributed by atoms with Crippen molar-refractivity contribution in [3.63, 3.8) is 0 Å². The van der Waals surface area contributed by atoms with Gasteiger partial charge in [-0.25, -0.2) is 4.79 Å². The third-order valence-electron chi connectivity index (χ3n) is 5.31. The number of ketones is 1. The molecule has 1 aliphatic heterocycles. The Morgan fingerprint density at radius 2 is 1.73 bits per heavy atom. The van der Waals surface area contributed by atoms with Crippen LogP contribution in [0, 0.1) is 0 Å². The van der Waals surface area contributed by atoms with Crippen molar-refractivity contribution in [3.05, 3.63) is 77.0 Å². The van der Waals surface area contributed by atoms with Crippen molar-refractivity contribution in [2.45, 2.75) is 32.7 Å². The molecule has 156 valence electrons. The Labute approximate surface area is 176 Å². The molecule has 1 aliphatic rings. The maximum atomic E-state index is 12.5. The van der Waals surface area contributed by atoms with Crippen LogP contribution in [-0.2, 0) is 26.3 Å². The SMILES string of the molecule is CC(=O)NCc1ccc(C(=O)OCC(=O)/C=C2\N(C)c3ccccc3C2(C)C)cc1. The van der Waals surface area contributed by atoms with E-state index >= 15 is 0 Å². The fourth-order valence-electron chi connectivity index (χ4n) is 3.66. The summed E-state index contributed by atoms with van der Waals surface area (Å²) < 4.78 is 5.20. The lowest BCUT2D eigenvalue weighted by Gasteiger charge is -2.23. The fourth-order valence-corrected chi connectivity index (χ4v) is 3.66. The smallest absolute Gasteiger partial charge is 0.338 e. The Balaban J connectivity index is 1.62. The number of para-hydroxylation sites is 1. The van der Waals surface area contributed by atoms with Crippen molar-refractivity contribution in [3.8, 4) is 0 Å². The number of anilines is 1. The second-order valence-electron chi connectivity index (χ2n) is 7.88. The molecule has 3 rings (SSSR count). The molecule has 1 N–H and O–H groups in total. The molecule has 0 aromatic heterocycles. The molecule has 30 heavy (non-hydrogen) atoms. The standard InChI is InChI=1S/C24H26N2O4/c1-16(27)25-14-17-9-11-18(12-10-17)23(29)30-15-19(28)13-22-24(2,3)20-7-5-6-8-21(20)26(22)4/h5-13H,14-15H2,1-4H3,(H,25,27)/b22-13-. The van der Waals surface area contributed by atoms with Gasteiger partial charge in [0.05, 0.1) is 5.56 Å². The van der Waals surface area contributed by atoms with Gasteiger partial charge in [-0.2, -0.15) is 0 Å². The number of likely N-dealkylation sites (N-methyl/N-ethyl adjacent to an activating group) is 1. The van der Waals surface area contributed by atoms with E-state index in [1.165, 1.54) is 6.92 Å². The van der Waals surface area contributed by atoms with Crippen LogP contribution in [0.5, 0.6) is 0 Å². The molecular weight excluding hydrogens is 380 g/mol. The van der Waals surface area contributed by atoms with E-state index < -0.39 is 5.97 Å². The minimum atomic E-state index is -0.560. The van der Waals surface area contributed by atoms with Gasteiger partial charge in [-0.1, -0.05) is 44.2 Å². The molecule has 1 heterocycles. The summed E-state index contributed by atoms with van der Waals surface area (Å²) in [5, 5.41) is 2.69. The van der Waals surface area contributed by atoms with E-state index in [0.29, 0.717) is 12.1 Å². The zero-order valence-electron chi connectivity index (χ0n) is 17.7. The molecule has 1 amide bonds. The number of rotatable bonds is 6. The monoisotopic (exact) mass is 406 g/mol. The molecule has 0 saturated carbocycles. The van der Waals surface area contributed by atoms with Crippen LogP contribution in [0.2, 0.25) is 0 Å². The predicted molar refractivity (Wildman–Crippen MR) is 115 cm³/mol. The summed E-state index contributed by atoms with van der Waals surface area (Å²) >= 11 is 0. The molecule has 2 aromatic rings. The second kappa shape index (κ2) is 8.53. The number of hydrogen-bond donors (Lipinski definition) is 1. The van der Waals surface area contributed by atoms with Crippen LogP contribution in [0.1, 0.15) is 42.3 Å². The van der Waals surface area contributed by atoms with Gasteiger partial charge in [0.25, 0.3) is 0 Å². The molecule has 0 aliphatic carbocycles. The largest absolute Gasteiger partial charge is 0.454 e. The number of nitrogens with one attached hydrogen (secondary N) is 1. The van der Waals surface area contributed by atoms with Crippen molar-refractivity contribution < 1.29 is 19.1 Å². The maximum absolute atomic E-state index is 12.5. The van der Waals surface area contributed by atoms with Gasteiger partial charge in [0, 0.05) is 43.4 Å². The van der Waals surface area contributed by atoms with E-state index in [0.717, 1.165) is 22.5 Å². The number of benzene rings is 2. The summed E-state index contributed by atoms with van der Waals surface area (Å²) in [6.07, 6.45) is 1.56. The lowest BCUT2D eigenvalue weighted by molar-refractivity contribution is -0.119. The zero-order chi connectivity index (χ0) is 21.9. The van der Waals surface area contributed by atoms with Gasteiger partial charge < -0.3 is 15.0 Å². The van der Waals surface area contributed by atoms with Crippen LogP contribution in [0.25, 0.3) is 0 Å². The summed E-state index contributed by atoms with van der Waals surface area (Å²) in [6.45, 7) is 5.66. The van der Waals surface area contributed by atoms with E-state index in [4.69, 9.17) is 4.74 Å². The Morgan fingerprint density at radius 1 is 1.07 bits per heavy atom. The van der Waals surface area contributed by atoms with Crippen LogP contribution < -0.4 is 10.2 Å². The summed E-state index contributed by atoms with van der Waals surface area (Å²) in [5.74, 6) is -0.950. The highest BCUT2D eigenvalue weighted by Crippen LogP contribution is 2.46. The molecule has 0 fully saturated rings. The van der Waals surface area contributed by atoms with Crippen LogP contribution in [0.4, 0.5) is 5.69 Å². The third-order valence-corrected chi connectivity index (χ3v) is 5.31. The maximum Gasteiger partial charge on any atom is 0.338 e. The van der Waals surface area contributed by atoms with Crippen molar-refractivity contribution >= 4 is 23.3 Å². The average molecular weight is 406 g/mol. The fraction of sp³-hybridized carbons (Fsp3) is 0.292. The van der Waals surface area contributed by atoms with Gasteiger partial charge in [0.15, 0.2) is 12.4 Å². The number of esters is 1. The number of hydrogen-bond acceptors (Lipinski definition) is 5. The molecule has 6 nitrogen and oxygen atoms in total. The Hall–Kier alpha value is -3.41.